The van der Waals surface area contributed by atoms with Crippen molar-refractivity contribution in [2.24, 2.45) is 0 Å². The van der Waals surface area contributed by atoms with Crippen LogP contribution in [0.15, 0.2) is 23.9 Å². The molecule has 1 aromatic carbocycles. The fourth-order valence-electron chi connectivity index (χ4n) is 3.14. The third-order valence-electron chi connectivity index (χ3n) is 4.71. The van der Waals surface area contributed by atoms with Gasteiger partial charge in [0.1, 0.15) is 24.1 Å². The maximum Gasteiger partial charge on any atom is 0.229 e. The Kier molecular flexibility index (Phi) is 5.35. The van der Waals surface area contributed by atoms with Gasteiger partial charge in [-0.3, -0.25) is 14.4 Å². The molecule has 1 heterocycles. The molecule has 1 aliphatic carbocycles. The topological polar surface area (TPSA) is 142 Å². The summed E-state index contributed by atoms with van der Waals surface area (Å²) in [5.74, 6) is -1.28. The second kappa shape index (κ2) is 7.44. The molecule has 5 atom stereocenters. The van der Waals surface area contributed by atoms with Gasteiger partial charge in [0.25, 0.3) is 0 Å². The fraction of sp³-hybridized carbons (Fsp3) is 0.421. The number of hydrogen-bond donors (Lipinski definition) is 4. The zero-order chi connectivity index (χ0) is 20.7. The molecule has 1 aromatic rings. The van der Waals surface area contributed by atoms with Crippen LogP contribution in [0, 0.1) is 6.92 Å². The van der Waals surface area contributed by atoms with E-state index < -0.39 is 48.2 Å². The van der Waals surface area contributed by atoms with Gasteiger partial charge in [0.05, 0.1) is 11.8 Å². The number of aliphatic hydroxyl groups is 3. The zero-order valence-corrected chi connectivity index (χ0v) is 15.5. The van der Waals surface area contributed by atoms with Gasteiger partial charge < -0.3 is 30.1 Å². The Labute approximate surface area is 160 Å². The van der Waals surface area contributed by atoms with Gasteiger partial charge in [0, 0.05) is 24.1 Å². The monoisotopic (exact) mass is 391 g/mol. The second-order valence-corrected chi connectivity index (χ2v) is 6.90. The van der Waals surface area contributed by atoms with Crippen LogP contribution in [-0.2, 0) is 9.53 Å². The Bertz CT molecular complexity index is 877. The van der Waals surface area contributed by atoms with Gasteiger partial charge in [0.2, 0.25) is 18.0 Å². The lowest BCUT2D eigenvalue weighted by Crippen LogP contribution is -2.58. The van der Waals surface area contributed by atoms with E-state index in [4.69, 9.17) is 9.47 Å². The number of Topliss-reactive ketones (excluding diaryl/α,β-unsaturated/α-hetero) is 1. The van der Waals surface area contributed by atoms with Crippen molar-refractivity contribution in [3.8, 4) is 5.75 Å². The third kappa shape index (κ3) is 3.57. The first-order valence-electron chi connectivity index (χ1n) is 8.69. The molecule has 9 nitrogen and oxygen atoms in total. The highest BCUT2D eigenvalue weighted by Gasteiger charge is 2.43. The van der Waals surface area contributed by atoms with Crippen LogP contribution in [0.2, 0.25) is 0 Å². The van der Waals surface area contributed by atoms with Crippen molar-refractivity contribution in [2.75, 3.05) is 0 Å². The van der Waals surface area contributed by atoms with Gasteiger partial charge in [-0.15, -0.1) is 0 Å². The molecule has 0 radical (unpaired) electrons. The second-order valence-electron chi connectivity index (χ2n) is 6.90. The molecule has 3 rings (SSSR count). The minimum absolute atomic E-state index is 0.0821. The number of aliphatic hydroxyl groups excluding tert-OH is 3. The van der Waals surface area contributed by atoms with Crippen molar-refractivity contribution in [3.63, 3.8) is 0 Å². The smallest absolute Gasteiger partial charge is 0.229 e. The maximum absolute atomic E-state index is 12.5. The summed E-state index contributed by atoms with van der Waals surface area (Å²) in [5, 5.41) is 32.1. The summed E-state index contributed by atoms with van der Waals surface area (Å²) in [7, 11) is 0. The fourth-order valence-corrected chi connectivity index (χ4v) is 3.14. The molecule has 1 saturated heterocycles. The number of ether oxygens (including phenoxy) is 2. The molecule has 4 N–H and O–H groups in total. The Morgan fingerprint density at radius 3 is 2.43 bits per heavy atom. The lowest BCUT2D eigenvalue weighted by atomic mass is 9.90. The quantitative estimate of drug-likeness (QED) is 0.545. The summed E-state index contributed by atoms with van der Waals surface area (Å²) in [4.78, 5) is 36.1. The molecular formula is C19H21NO8. The first kappa shape index (κ1) is 20.2. The Balaban J connectivity index is 1.90. The van der Waals surface area contributed by atoms with Gasteiger partial charge >= 0.3 is 0 Å². The van der Waals surface area contributed by atoms with E-state index in [9.17, 15) is 29.7 Å². The number of nitrogens with one attached hydrogen (secondary N) is 1. The molecule has 0 saturated carbocycles. The molecule has 5 unspecified atom stereocenters. The maximum atomic E-state index is 12.5. The molecule has 9 heteroatoms. The number of amides is 1. The van der Waals surface area contributed by atoms with Gasteiger partial charge in [0.15, 0.2) is 5.78 Å². The van der Waals surface area contributed by atoms with Gasteiger partial charge in [-0.25, -0.2) is 0 Å². The van der Waals surface area contributed by atoms with Crippen LogP contribution in [0.3, 0.4) is 0 Å². The number of fused-ring (bicyclic) bond motifs is 1. The number of carbonyl (C=O) groups excluding carboxylic acids is 3. The van der Waals surface area contributed by atoms with Crippen LogP contribution in [0.4, 0.5) is 0 Å². The predicted octanol–water partition coefficient (Wildman–Crippen LogP) is -0.400. The van der Waals surface area contributed by atoms with Gasteiger partial charge in [-0.1, -0.05) is 0 Å². The van der Waals surface area contributed by atoms with Crippen molar-refractivity contribution in [2.45, 2.75) is 51.5 Å². The zero-order valence-electron chi connectivity index (χ0n) is 15.5. The highest BCUT2D eigenvalue weighted by molar-refractivity contribution is 6.25. The van der Waals surface area contributed by atoms with E-state index in [1.54, 1.807) is 6.92 Å². The molecule has 28 heavy (non-hydrogen) atoms. The van der Waals surface area contributed by atoms with Crippen molar-refractivity contribution in [1.29, 1.82) is 0 Å². The molecule has 0 spiro atoms. The summed E-state index contributed by atoms with van der Waals surface area (Å²) in [6.07, 6.45) is -5.25. The van der Waals surface area contributed by atoms with E-state index in [0.29, 0.717) is 5.56 Å². The summed E-state index contributed by atoms with van der Waals surface area (Å²) in [6, 6.07) is 2.80. The van der Waals surface area contributed by atoms with Crippen LogP contribution in [-0.4, -0.2) is 63.5 Å². The molecule has 2 aliphatic rings. The highest BCUT2D eigenvalue weighted by Crippen LogP contribution is 2.31. The summed E-state index contributed by atoms with van der Waals surface area (Å²) >= 11 is 0. The largest absolute Gasteiger partial charge is 0.462 e. The average molecular weight is 391 g/mol. The predicted molar refractivity (Wildman–Crippen MR) is 94.7 cm³/mol. The molecule has 0 aromatic heterocycles. The number of rotatable bonds is 3. The van der Waals surface area contributed by atoms with Crippen LogP contribution in [0.5, 0.6) is 5.75 Å². The van der Waals surface area contributed by atoms with E-state index in [1.165, 1.54) is 26.0 Å². The molecule has 150 valence electrons. The average Bonchev–Trinajstić information content (AvgIpc) is 2.62. The first-order chi connectivity index (χ1) is 13.1. The summed E-state index contributed by atoms with van der Waals surface area (Å²) in [5.41, 5.74) is 0.580. The van der Waals surface area contributed by atoms with Crippen molar-refractivity contribution < 1.29 is 39.2 Å². The van der Waals surface area contributed by atoms with E-state index in [1.807, 2.05) is 0 Å². The number of hydrogen-bond acceptors (Lipinski definition) is 8. The lowest BCUT2D eigenvalue weighted by molar-refractivity contribution is -0.268. The van der Waals surface area contributed by atoms with Crippen molar-refractivity contribution in [3.05, 3.63) is 40.6 Å². The number of allylic oxidation sites excluding steroid dienone is 2. The molecule has 1 aliphatic heterocycles. The number of ketones is 2. The summed E-state index contributed by atoms with van der Waals surface area (Å²) < 4.78 is 11.0. The first-order valence-corrected chi connectivity index (χ1v) is 8.69. The van der Waals surface area contributed by atoms with E-state index in [0.717, 1.165) is 6.08 Å². The van der Waals surface area contributed by atoms with Crippen LogP contribution in [0.25, 0.3) is 0 Å². The lowest BCUT2D eigenvalue weighted by Gasteiger charge is -2.39. The van der Waals surface area contributed by atoms with E-state index in [2.05, 4.69) is 5.32 Å². The number of benzene rings is 1. The van der Waals surface area contributed by atoms with E-state index in [-0.39, 0.29) is 22.6 Å². The Morgan fingerprint density at radius 2 is 1.79 bits per heavy atom. The third-order valence-corrected chi connectivity index (χ3v) is 4.71. The van der Waals surface area contributed by atoms with Gasteiger partial charge in [-0.2, -0.15) is 0 Å². The highest BCUT2D eigenvalue weighted by atomic mass is 16.7. The Hall–Kier alpha value is -2.59. The summed E-state index contributed by atoms with van der Waals surface area (Å²) in [6.45, 7) is 4.39. The normalized spacial score (nSPS) is 29.8. The van der Waals surface area contributed by atoms with Crippen molar-refractivity contribution in [1.82, 2.24) is 5.32 Å². The number of carbonyl (C=O) groups is 3. The molecule has 0 bridgehead atoms. The SMILES string of the molecule is CC(=O)NC1=CC(=O)c2cc(OC3OC(C)C(O)C(O)C3O)c(C)cc2C1=O. The van der Waals surface area contributed by atoms with E-state index >= 15 is 0 Å². The number of aryl methyl sites for hydroxylation is 1. The Morgan fingerprint density at radius 1 is 1.11 bits per heavy atom. The molecular weight excluding hydrogens is 370 g/mol. The van der Waals surface area contributed by atoms with Crippen molar-refractivity contribution >= 4 is 17.5 Å². The standard InChI is InChI=1S/C19H21NO8/c1-7-4-11-10(13(22)6-12(16(11)24)20-9(3)21)5-14(7)28-19-18(26)17(25)15(23)8(2)27-19/h4-6,8,15,17-19,23,25-26H,1-3H3,(H,20,21). The van der Waals surface area contributed by atoms with Crippen LogP contribution >= 0.6 is 0 Å². The van der Waals surface area contributed by atoms with Crippen LogP contribution in [0.1, 0.15) is 40.1 Å². The minimum atomic E-state index is -1.51. The molecule has 1 fully saturated rings. The minimum Gasteiger partial charge on any atom is -0.462 e. The van der Waals surface area contributed by atoms with Gasteiger partial charge in [-0.05, 0) is 31.5 Å². The molecule has 1 amide bonds. The van der Waals surface area contributed by atoms with Crippen LogP contribution < -0.4 is 10.1 Å².